The quantitative estimate of drug-likeness (QED) is 0.288. The molecule has 0 unspecified atom stereocenters. The van der Waals surface area contributed by atoms with Crippen molar-refractivity contribution < 1.29 is 18.9 Å². The lowest BCUT2D eigenvalue weighted by Crippen LogP contribution is -2.01. The molecule has 2 aromatic carbocycles. The van der Waals surface area contributed by atoms with Gasteiger partial charge >= 0.3 is 5.97 Å². The fourth-order valence-electron chi connectivity index (χ4n) is 2.15. The summed E-state index contributed by atoms with van der Waals surface area (Å²) in [6.07, 6.45) is 4.21. The summed E-state index contributed by atoms with van der Waals surface area (Å²) in [5.41, 5.74) is 1.98. The molecule has 0 atom stereocenters. The molecule has 0 saturated carbocycles. The van der Waals surface area contributed by atoms with E-state index in [9.17, 15) is 14.9 Å². The Morgan fingerprint density at radius 3 is 2.58 bits per heavy atom. The van der Waals surface area contributed by atoms with Crippen LogP contribution in [-0.4, -0.2) is 15.9 Å². The van der Waals surface area contributed by atoms with Gasteiger partial charge in [-0.3, -0.25) is 10.1 Å². The van der Waals surface area contributed by atoms with E-state index in [1.807, 2.05) is 30.3 Å². The smallest absolute Gasteiger partial charge is 0.331 e. The van der Waals surface area contributed by atoms with Gasteiger partial charge in [0, 0.05) is 23.8 Å². The molecule has 7 nitrogen and oxygen atoms in total. The van der Waals surface area contributed by atoms with Crippen molar-refractivity contribution in [3.8, 4) is 11.5 Å². The van der Waals surface area contributed by atoms with Crippen LogP contribution in [0.5, 0.6) is 0 Å². The molecule has 0 N–H and O–H groups in total. The Balaban J connectivity index is 1.54. The number of hydrogen-bond donors (Lipinski definition) is 0. The third-order valence-corrected chi connectivity index (χ3v) is 3.45. The highest BCUT2D eigenvalue weighted by Gasteiger charge is 2.08. The van der Waals surface area contributed by atoms with Crippen molar-refractivity contribution in [1.29, 1.82) is 0 Å². The van der Waals surface area contributed by atoms with Crippen molar-refractivity contribution in [3.63, 3.8) is 0 Å². The number of carbonyl (C=O) groups excluding carboxylic acids is 1. The van der Waals surface area contributed by atoms with Gasteiger partial charge in [0.15, 0.2) is 0 Å². The fourth-order valence-corrected chi connectivity index (χ4v) is 2.15. The first-order chi connectivity index (χ1) is 12.6. The van der Waals surface area contributed by atoms with Crippen molar-refractivity contribution in [1.82, 2.24) is 4.98 Å². The number of ether oxygens (including phenoxy) is 1. The molecule has 3 aromatic rings. The summed E-state index contributed by atoms with van der Waals surface area (Å²) in [5, 5.41) is 10.6. The van der Waals surface area contributed by atoms with Crippen molar-refractivity contribution in [2.45, 2.75) is 6.61 Å². The topological polar surface area (TPSA) is 95.5 Å². The van der Waals surface area contributed by atoms with Crippen LogP contribution >= 0.6 is 0 Å². The Bertz CT molecular complexity index is 930. The molecule has 130 valence electrons. The molecule has 3 rings (SSSR count). The van der Waals surface area contributed by atoms with E-state index >= 15 is 0 Å². The van der Waals surface area contributed by atoms with Gasteiger partial charge in [0.25, 0.3) is 5.69 Å². The van der Waals surface area contributed by atoms with Crippen LogP contribution in [0.4, 0.5) is 5.69 Å². The predicted molar refractivity (Wildman–Crippen MR) is 93.9 cm³/mol. The Labute approximate surface area is 148 Å². The van der Waals surface area contributed by atoms with Gasteiger partial charge in [0.2, 0.25) is 5.89 Å². The minimum absolute atomic E-state index is 0.00928. The predicted octanol–water partition coefficient (Wildman–Crippen LogP) is 4.01. The second-order valence-corrected chi connectivity index (χ2v) is 5.30. The van der Waals surface area contributed by atoms with Crippen molar-refractivity contribution in [2.24, 2.45) is 0 Å². The zero-order valence-electron chi connectivity index (χ0n) is 13.6. The molecule has 1 heterocycles. The first-order valence-corrected chi connectivity index (χ1v) is 7.71. The molecule has 7 heteroatoms. The molecule has 0 aliphatic heterocycles. The largest absolute Gasteiger partial charge is 0.456 e. The maximum atomic E-state index is 11.8. The molecule has 0 fully saturated rings. The number of carbonyl (C=O) groups is 1. The van der Waals surface area contributed by atoms with E-state index in [-0.39, 0.29) is 12.3 Å². The maximum Gasteiger partial charge on any atom is 0.331 e. The average molecular weight is 350 g/mol. The van der Waals surface area contributed by atoms with Crippen LogP contribution in [0.15, 0.2) is 71.4 Å². The summed E-state index contributed by atoms with van der Waals surface area (Å²) in [6, 6.07) is 15.2. The number of nitrogens with zero attached hydrogens (tertiary/aromatic N) is 2. The number of aromatic nitrogens is 1. The number of non-ortho nitro benzene ring substituents is 1. The second-order valence-electron chi connectivity index (χ2n) is 5.30. The van der Waals surface area contributed by atoms with Gasteiger partial charge in [-0.25, -0.2) is 9.78 Å². The Kier molecular flexibility index (Phi) is 5.19. The van der Waals surface area contributed by atoms with E-state index in [4.69, 9.17) is 9.15 Å². The van der Waals surface area contributed by atoms with Crippen molar-refractivity contribution >= 4 is 17.7 Å². The summed E-state index contributed by atoms with van der Waals surface area (Å²) in [4.78, 5) is 26.1. The number of oxazole rings is 1. The lowest BCUT2D eigenvalue weighted by molar-refractivity contribution is -0.384. The number of rotatable bonds is 6. The maximum absolute atomic E-state index is 11.8. The van der Waals surface area contributed by atoms with E-state index < -0.39 is 10.9 Å². The Morgan fingerprint density at radius 1 is 1.15 bits per heavy atom. The molecule has 0 spiro atoms. The highest BCUT2D eigenvalue weighted by atomic mass is 16.6. The highest BCUT2D eigenvalue weighted by molar-refractivity contribution is 5.87. The lowest BCUT2D eigenvalue weighted by atomic mass is 10.2. The Hall–Kier alpha value is -3.74. The van der Waals surface area contributed by atoms with E-state index in [1.165, 1.54) is 30.5 Å². The van der Waals surface area contributed by atoms with E-state index in [0.29, 0.717) is 17.1 Å². The molecule has 0 amide bonds. The molecule has 0 aliphatic rings. The van der Waals surface area contributed by atoms with Crippen LogP contribution < -0.4 is 0 Å². The number of esters is 1. The average Bonchev–Trinajstić information content (AvgIpc) is 3.15. The molecule has 1 aromatic heterocycles. The molecule has 0 aliphatic carbocycles. The van der Waals surface area contributed by atoms with Crippen molar-refractivity contribution in [3.05, 3.63) is 88.3 Å². The number of nitro groups is 1. The molecule has 26 heavy (non-hydrogen) atoms. The van der Waals surface area contributed by atoms with Gasteiger partial charge in [-0.2, -0.15) is 0 Å². The molecule has 0 saturated heterocycles. The minimum Gasteiger partial charge on any atom is -0.456 e. The van der Waals surface area contributed by atoms with E-state index in [0.717, 1.165) is 5.56 Å². The molecular weight excluding hydrogens is 336 g/mol. The monoisotopic (exact) mass is 350 g/mol. The summed E-state index contributed by atoms with van der Waals surface area (Å²) in [5.74, 6) is -0.0920. The summed E-state index contributed by atoms with van der Waals surface area (Å²) in [7, 11) is 0. The van der Waals surface area contributed by atoms with Crippen LogP contribution in [0, 0.1) is 10.1 Å². The van der Waals surface area contributed by atoms with Gasteiger partial charge in [-0.05, 0) is 35.9 Å². The summed E-state index contributed by atoms with van der Waals surface area (Å²) < 4.78 is 10.5. The standard InChI is InChI=1S/C19H14N2O5/c22-18(11-8-14-6-9-17(10-7-14)21(23)24)25-12-16-13-26-19(20-16)15-4-2-1-3-5-15/h1-11,13H,12H2/b11-8+. The SMILES string of the molecule is O=C(/C=C/c1ccc([N+](=O)[O-])cc1)OCc1coc(-c2ccccc2)n1. The van der Waals surface area contributed by atoms with E-state index in [1.54, 1.807) is 12.1 Å². The van der Waals surface area contributed by atoms with Gasteiger partial charge in [0.1, 0.15) is 18.6 Å². The van der Waals surface area contributed by atoms with Gasteiger partial charge in [0.05, 0.1) is 4.92 Å². The van der Waals surface area contributed by atoms with Crippen LogP contribution in [0.3, 0.4) is 0 Å². The number of nitro benzene ring substituents is 1. The third kappa shape index (κ3) is 4.41. The normalized spacial score (nSPS) is 10.8. The zero-order valence-corrected chi connectivity index (χ0v) is 13.6. The molecule has 0 radical (unpaired) electrons. The van der Waals surface area contributed by atoms with Crippen LogP contribution in [0.25, 0.3) is 17.5 Å². The first kappa shape index (κ1) is 17.1. The first-order valence-electron chi connectivity index (χ1n) is 7.71. The van der Waals surface area contributed by atoms with Crippen LogP contribution in [0.2, 0.25) is 0 Å². The Morgan fingerprint density at radius 2 is 1.88 bits per heavy atom. The third-order valence-electron chi connectivity index (χ3n) is 3.45. The van der Waals surface area contributed by atoms with Gasteiger partial charge < -0.3 is 9.15 Å². The molecule has 0 bridgehead atoms. The van der Waals surface area contributed by atoms with Crippen LogP contribution in [0.1, 0.15) is 11.3 Å². The summed E-state index contributed by atoms with van der Waals surface area (Å²) >= 11 is 0. The second kappa shape index (κ2) is 7.89. The highest BCUT2D eigenvalue weighted by Crippen LogP contribution is 2.18. The summed E-state index contributed by atoms with van der Waals surface area (Å²) in [6.45, 7) is -0.0141. The van der Waals surface area contributed by atoms with Crippen molar-refractivity contribution in [2.75, 3.05) is 0 Å². The van der Waals surface area contributed by atoms with Crippen LogP contribution in [-0.2, 0) is 16.1 Å². The number of hydrogen-bond acceptors (Lipinski definition) is 6. The van der Waals surface area contributed by atoms with E-state index in [2.05, 4.69) is 4.98 Å². The molecular formula is C19H14N2O5. The van der Waals surface area contributed by atoms with Gasteiger partial charge in [-0.1, -0.05) is 18.2 Å². The fraction of sp³-hybridized carbons (Fsp3) is 0.0526. The zero-order chi connectivity index (χ0) is 18.4. The minimum atomic E-state index is -0.549. The lowest BCUT2D eigenvalue weighted by Gasteiger charge is -1.98. The van der Waals surface area contributed by atoms with Gasteiger partial charge in [-0.15, -0.1) is 0 Å². The number of benzene rings is 2.